The number of aromatic nitrogens is 3. The van der Waals surface area contributed by atoms with Crippen LogP contribution in [-0.4, -0.2) is 33.5 Å². The molecule has 3 rings (SSSR count). The van der Waals surface area contributed by atoms with E-state index in [1.54, 1.807) is 24.1 Å². The Morgan fingerprint density at radius 1 is 1.10 bits per heavy atom. The second kappa shape index (κ2) is 9.75. The summed E-state index contributed by atoms with van der Waals surface area (Å²) in [5.41, 5.74) is 0.843. The first-order valence-corrected chi connectivity index (χ1v) is 10.7. The van der Waals surface area contributed by atoms with E-state index in [1.807, 2.05) is 55.7 Å². The molecular formula is C22H25FN4O2S. The summed E-state index contributed by atoms with van der Waals surface area (Å²) in [7, 11) is 1.76. The molecular weight excluding hydrogens is 403 g/mol. The van der Waals surface area contributed by atoms with Gasteiger partial charge in [0.25, 0.3) is 0 Å². The van der Waals surface area contributed by atoms with E-state index in [0.717, 1.165) is 5.69 Å². The van der Waals surface area contributed by atoms with Gasteiger partial charge in [-0.15, -0.1) is 10.2 Å². The largest absolute Gasteiger partial charge is 0.483 e. The Labute approximate surface area is 180 Å². The summed E-state index contributed by atoms with van der Waals surface area (Å²) in [5, 5.41) is 9.24. The number of thioether (sulfide) groups is 1. The van der Waals surface area contributed by atoms with E-state index in [4.69, 9.17) is 4.74 Å². The molecule has 0 N–H and O–H groups in total. The summed E-state index contributed by atoms with van der Waals surface area (Å²) >= 11 is 1.35. The molecule has 1 atom stereocenters. The summed E-state index contributed by atoms with van der Waals surface area (Å²) < 4.78 is 21.0. The molecule has 0 aliphatic carbocycles. The lowest BCUT2D eigenvalue weighted by Gasteiger charge is -2.19. The molecule has 0 aliphatic heterocycles. The van der Waals surface area contributed by atoms with Crippen LogP contribution in [0.5, 0.6) is 5.75 Å². The van der Waals surface area contributed by atoms with E-state index in [2.05, 4.69) is 10.2 Å². The van der Waals surface area contributed by atoms with E-state index in [0.29, 0.717) is 16.7 Å². The van der Waals surface area contributed by atoms with Gasteiger partial charge in [-0.25, -0.2) is 4.39 Å². The minimum absolute atomic E-state index is 0.0262. The quantitative estimate of drug-likeness (QED) is 0.478. The molecule has 0 radical (unpaired) electrons. The Bertz CT molecular complexity index is 977. The van der Waals surface area contributed by atoms with Gasteiger partial charge in [0, 0.05) is 18.8 Å². The number of benzene rings is 2. The van der Waals surface area contributed by atoms with Crippen LogP contribution in [0.1, 0.15) is 38.7 Å². The van der Waals surface area contributed by atoms with E-state index < -0.39 is 0 Å². The Kier molecular flexibility index (Phi) is 7.10. The van der Waals surface area contributed by atoms with Crippen LogP contribution in [0.25, 0.3) is 0 Å². The number of carbonyl (C=O) groups excluding carboxylic acids is 1. The fraction of sp³-hybridized carbons (Fsp3) is 0.318. The molecule has 0 bridgehead atoms. The number of amides is 1. The first kappa shape index (κ1) is 21.8. The highest BCUT2D eigenvalue weighted by atomic mass is 32.2. The molecule has 2 aromatic carbocycles. The van der Waals surface area contributed by atoms with Crippen molar-refractivity contribution in [2.24, 2.45) is 0 Å². The first-order chi connectivity index (χ1) is 14.4. The first-order valence-electron chi connectivity index (χ1n) is 9.68. The lowest BCUT2D eigenvalue weighted by molar-refractivity contribution is -0.115. The summed E-state index contributed by atoms with van der Waals surface area (Å²) in [6.45, 7) is 5.92. The highest BCUT2D eigenvalue weighted by molar-refractivity contribution is 7.99. The van der Waals surface area contributed by atoms with Gasteiger partial charge in [0.2, 0.25) is 5.91 Å². The third kappa shape index (κ3) is 5.18. The number of para-hydroxylation sites is 1. The van der Waals surface area contributed by atoms with Crippen molar-refractivity contribution in [1.82, 2.24) is 14.8 Å². The topological polar surface area (TPSA) is 60.3 Å². The lowest BCUT2D eigenvalue weighted by Crippen LogP contribution is -2.28. The Morgan fingerprint density at radius 3 is 2.40 bits per heavy atom. The van der Waals surface area contributed by atoms with Gasteiger partial charge in [0.1, 0.15) is 11.6 Å². The number of anilines is 1. The standard InChI is InChI=1S/C22H25FN4O2S/c1-15(2)27-21(16(3)29-19-12-10-17(23)11-13-19)24-25-22(27)30-14-20(28)26(4)18-8-6-5-7-9-18/h5-13,15-16H,14H2,1-4H3. The lowest BCUT2D eigenvalue weighted by atomic mass is 10.3. The maximum absolute atomic E-state index is 13.1. The third-order valence-electron chi connectivity index (χ3n) is 4.54. The van der Waals surface area contributed by atoms with Crippen LogP contribution in [0.15, 0.2) is 59.8 Å². The van der Waals surface area contributed by atoms with E-state index in [1.165, 1.54) is 23.9 Å². The van der Waals surface area contributed by atoms with Gasteiger partial charge in [-0.1, -0.05) is 30.0 Å². The number of hydrogen-bond acceptors (Lipinski definition) is 5. The molecule has 0 spiro atoms. The molecule has 3 aromatic rings. The van der Waals surface area contributed by atoms with Crippen molar-refractivity contribution in [3.05, 3.63) is 66.2 Å². The van der Waals surface area contributed by atoms with Crippen molar-refractivity contribution in [3.63, 3.8) is 0 Å². The van der Waals surface area contributed by atoms with Crippen LogP contribution < -0.4 is 9.64 Å². The third-order valence-corrected chi connectivity index (χ3v) is 5.47. The predicted molar refractivity (Wildman–Crippen MR) is 116 cm³/mol. The number of nitrogens with zero attached hydrogens (tertiary/aromatic N) is 4. The molecule has 1 aromatic heterocycles. The van der Waals surface area contributed by atoms with Crippen LogP contribution in [-0.2, 0) is 4.79 Å². The minimum atomic E-state index is -0.387. The average Bonchev–Trinajstić information content (AvgIpc) is 3.18. The van der Waals surface area contributed by atoms with Gasteiger partial charge in [-0.2, -0.15) is 0 Å². The van der Waals surface area contributed by atoms with E-state index in [9.17, 15) is 9.18 Å². The molecule has 8 heteroatoms. The Hall–Kier alpha value is -2.87. The molecule has 0 saturated heterocycles. The van der Waals surface area contributed by atoms with Crippen molar-refractivity contribution >= 4 is 23.4 Å². The van der Waals surface area contributed by atoms with E-state index >= 15 is 0 Å². The number of carbonyl (C=O) groups is 1. The zero-order valence-electron chi connectivity index (χ0n) is 17.4. The number of ether oxygens (including phenoxy) is 1. The van der Waals surface area contributed by atoms with Crippen LogP contribution in [0, 0.1) is 5.82 Å². The average molecular weight is 429 g/mol. The highest BCUT2D eigenvalue weighted by Crippen LogP contribution is 2.28. The molecule has 0 fully saturated rings. The van der Waals surface area contributed by atoms with Gasteiger partial charge >= 0.3 is 0 Å². The zero-order valence-corrected chi connectivity index (χ0v) is 18.3. The number of rotatable bonds is 8. The number of hydrogen-bond donors (Lipinski definition) is 0. The van der Waals surface area contributed by atoms with Crippen LogP contribution >= 0.6 is 11.8 Å². The molecule has 1 unspecified atom stereocenters. The smallest absolute Gasteiger partial charge is 0.237 e. The Morgan fingerprint density at radius 2 is 1.77 bits per heavy atom. The van der Waals surface area contributed by atoms with Gasteiger partial charge in [-0.05, 0) is 57.2 Å². The zero-order chi connectivity index (χ0) is 21.7. The van der Waals surface area contributed by atoms with Gasteiger partial charge in [0.05, 0.1) is 5.75 Å². The van der Waals surface area contributed by atoms with Crippen molar-refractivity contribution in [2.45, 2.75) is 38.1 Å². The summed E-state index contributed by atoms with van der Waals surface area (Å²) in [6, 6.07) is 15.4. The van der Waals surface area contributed by atoms with Crippen molar-refractivity contribution in [1.29, 1.82) is 0 Å². The number of halogens is 1. The molecule has 1 heterocycles. The van der Waals surface area contributed by atoms with Crippen molar-refractivity contribution < 1.29 is 13.9 Å². The molecule has 6 nitrogen and oxygen atoms in total. The van der Waals surface area contributed by atoms with Crippen LogP contribution in [0.4, 0.5) is 10.1 Å². The predicted octanol–water partition coefficient (Wildman–Crippen LogP) is 4.89. The highest BCUT2D eigenvalue weighted by Gasteiger charge is 2.22. The van der Waals surface area contributed by atoms with Crippen molar-refractivity contribution in [2.75, 3.05) is 17.7 Å². The minimum Gasteiger partial charge on any atom is -0.483 e. The summed E-state index contributed by atoms with van der Waals surface area (Å²) in [4.78, 5) is 14.2. The second-order valence-corrected chi connectivity index (χ2v) is 8.04. The van der Waals surface area contributed by atoms with Gasteiger partial charge < -0.3 is 14.2 Å². The monoisotopic (exact) mass is 428 g/mol. The van der Waals surface area contributed by atoms with Crippen LogP contribution in [0.2, 0.25) is 0 Å². The Balaban J connectivity index is 1.70. The molecule has 0 aliphatic rings. The van der Waals surface area contributed by atoms with Crippen molar-refractivity contribution in [3.8, 4) is 5.75 Å². The molecule has 0 saturated carbocycles. The normalized spacial score (nSPS) is 12.1. The maximum atomic E-state index is 13.1. The fourth-order valence-corrected chi connectivity index (χ4v) is 3.93. The summed E-state index contributed by atoms with van der Waals surface area (Å²) in [5.74, 6) is 1.10. The molecule has 158 valence electrons. The fourth-order valence-electron chi connectivity index (χ4n) is 2.94. The van der Waals surface area contributed by atoms with Gasteiger partial charge in [0.15, 0.2) is 17.1 Å². The molecule has 30 heavy (non-hydrogen) atoms. The second-order valence-electron chi connectivity index (χ2n) is 7.10. The summed E-state index contributed by atoms with van der Waals surface area (Å²) in [6.07, 6.45) is -0.387. The van der Waals surface area contributed by atoms with Crippen LogP contribution in [0.3, 0.4) is 0 Å². The SMILES string of the molecule is CC(Oc1ccc(F)cc1)c1nnc(SCC(=O)N(C)c2ccccc2)n1C(C)C. The maximum Gasteiger partial charge on any atom is 0.237 e. The van der Waals surface area contributed by atoms with Gasteiger partial charge in [-0.3, -0.25) is 4.79 Å². The molecule has 1 amide bonds. The van der Waals surface area contributed by atoms with E-state index in [-0.39, 0.29) is 29.6 Å².